The van der Waals surface area contributed by atoms with Crippen LogP contribution in [0.4, 0.5) is 0 Å². The van der Waals surface area contributed by atoms with Crippen LogP contribution in [-0.4, -0.2) is 47.8 Å². The molecule has 1 N–H and O–H groups in total. The summed E-state index contributed by atoms with van der Waals surface area (Å²) in [6, 6.07) is 8.07. The molecule has 24 heavy (non-hydrogen) atoms. The van der Waals surface area contributed by atoms with Gasteiger partial charge < -0.3 is 14.7 Å². The molecule has 0 bridgehead atoms. The Balaban J connectivity index is 1.76. The van der Waals surface area contributed by atoms with Crippen LogP contribution in [0, 0.1) is 5.92 Å². The molecule has 1 aromatic carbocycles. The van der Waals surface area contributed by atoms with E-state index in [0.717, 1.165) is 24.9 Å². The van der Waals surface area contributed by atoms with Crippen LogP contribution >= 0.6 is 0 Å². The molecule has 4 nitrogen and oxygen atoms in total. The van der Waals surface area contributed by atoms with Gasteiger partial charge in [0.15, 0.2) is 0 Å². The number of hydrogen-bond donors (Lipinski definition) is 1. The topological polar surface area (TPSA) is 49.8 Å². The van der Waals surface area contributed by atoms with E-state index < -0.39 is 0 Å². The molecule has 0 aromatic heterocycles. The van der Waals surface area contributed by atoms with Gasteiger partial charge in [0, 0.05) is 30.7 Å². The Morgan fingerprint density at radius 3 is 2.54 bits per heavy atom. The molecule has 4 heteroatoms. The number of benzene rings is 1. The molecule has 3 atom stereocenters. The molecular weight excluding hydrogens is 302 g/mol. The fourth-order valence-electron chi connectivity index (χ4n) is 3.88. The highest BCUT2D eigenvalue weighted by molar-refractivity contribution is 5.94. The molecule has 2 heterocycles. The fraction of sp³-hybridized carbons (Fsp3) is 0.650. The van der Waals surface area contributed by atoms with E-state index in [1.807, 2.05) is 17.0 Å². The molecule has 2 saturated heterocycles. The number of aliphatic hydroxyl groups excluding tert-OH is 1. The molecule has 0 aliphatic carbocycles. The lowest BCUT2D eigenvalue weighted by atomic mass is 9.86. The number of amides is 1. The van der Waals surface area contributed by atoms with E-state index in [1.165, 1.54) is 5.56 Å². The number of likely N-dealkylation sites (tertiary alicyclic amines) is 1. The summed E-state index contributed by atoms with van der Waals surface area (Å²) in [4.78, 5) is 14.9. The van der Waals surface area contributed by atoms with Crippen LogP contribution in [0.1, 0.15) is 56.0 Å². The van der Waals surface area contributed by atoms with E-state index in [-0.39, 0.29) is 29.4 Å². The fourth-order valence-corrected chi connectivity index (χ4v) is 3.88. The summed E-state index contributed by atoms with van der Waals surface area (Å²) in [5.74, 6) is 0.120. The van der Waals surface area contributed by atoms with Crippen LogP contribution in [0.5, 0.6) is 0 Å². The summed E-state index contributed by atoms with van der Waals surface area (Å²) in [5, 5.41) is 10.3. The lowest BCUT2D eigenvalue weighted by Crippen LogP contribution is -2.48. The van der Waals surface area contributed by atoms with Gasteiger partial charge in [-0.05, 0) is 42.4 Å². The van der Waals surface area contributed by atoms with Gasteiger partial charge in [0.2, 0.25) is 0 Å². The van der Waals surface area contributed by atoms with Gasteiger partial charge in [-0.15, -0.1) is 0 Å². The SMILES string of the molecule is CC(C)(C)c1ccc(C(=O)N2CCC[C@@H]2[C@H]2COCC[C@H]2O)cc1. The first-order valence-corrected chi connectivity index (χ1v) is 9.05. The highest BCUT2D eigenvalue weighted by Crippen LogP contribution is 2.31. The Hall–Kier alpha value is -1.39. The molecule has 2 fully saturated rings. The minimum atomic E-state index is -0.361. The van der Waals surface area contributed by atoms with E-state index >= 15 is 0 Å². The van der Waals surface area contributed by atoms with E-state index in [4.69, 9.17) is 4.74 Å². The van der Waals surface area contributed by atoms with Gasteiger partial charge in [-0.2, -0.15) is 0 Å². The average Bonchev–Trinajstić information content (AvgIpc) is 3.03. The van der Waals surface area contributed by atoms with Crippen molar-refractivity contribution in [1.29, 1.82) is 0 Å². The second-order valence-electron chi connectivity index (χ2n) is 8.13. The second-order valence-corrected chi connectivity index (χ2v) is 8.13. The molecule has 1 amide bonds. The maximum Gasteiger partial charge on any atom is 0.254 e. The van der Waals surface area contributed by atoms with Crippen molar-refractivity contribution in [2.24, 2.45) is 5.92 Å². The molecular formula is C20H29NO3. The zero-order chi connectivity index (χ0) is 17.3. The van der Waals surface area contributed by atoms with Crippen molar-refractivity contribution in [3.63, 3.8) is 0 Å². The van der Waals surface area contributed by atoms with Gasteiger partial charge in [-0.3, -0.25) is 4.79 Å². The van der Waals surface area contributed by atoms with Crippen LogP contribution < -0.4 is 0 Å². The van der Waals surface area contributed by atoms with E-state index in [1.54, 1.807) is 0 Å². The third-order valence-electron chi connectivity index (χ3n) is 5.41. The Bertz CT molecular complexity index is 576. The molecule has 0 radical (unpaired) electrons. The van der Waals surface area contributed by atoms with Crippen LogP contribution in [0.2, 0.25) is 0 Å². The van der Waals surface area contributed by atoms with Crippen molar-refractivity contribution < 1.29 is 14.6 Å². The van der Waals surface area contributed by atoms with Crippen molar-refractivity contribution in [3.05, 3.63) is 35.4 Å². The minimum Gasteiger partial charge on any atom is -0.393 e. The normalized spacial score (nSPS) is 28.2. The van der Waals surface area contributed by atoms with Crippen LogP contribution in [0.25, 0.3) is 0 Å². The summed E-state index contributed by atoms with van der Waals surface area (Å²) < 4.78 is 5.55. The zero-order valence-electron chi connectivity index (χ0n) is 15.0. The van der Waals surface area contributed by atoms with Crippen molar-refractivity contribution >= 4 is 5.91 Å². The van der Waals surface area contributed by atoms with Gasteiger partial charge in [-0.25, -0.2) is 0 Å². The largest absolute Gasteiger partial charge is 0.393 e. The van der Waals surface area contributed by atoms with Crippen LogP contribution in [-0.2, 0) is 10.2 Å². The second kappa shape index (κ2) is 6.85. The van der Waals surface area contributed by atoms with Crippen LogP contribution in [0.15, 0.2) is 24.3 Å². The summed E-state index contributed by atoms with van der Waals surface area (Å²) in [5.41, 5.74) is 2.05. The lowest BCUT2D eigenvalue weighted by Gasteiger charge is -2.37. The first-order chi connectivity index (χ1) is 11.4. The van der Waals surface area contributed by atoms with Gasteiger partial charge in [-0.1, -0.05) is 32.9 Å². The Labute approximate surface area is 144 Å². The molecule has 2 aliphatic heterocycles. The minimum absolute atomic E-state index is 0.0408. The van der Waals surface area contributed by atoms with Gasteiger partial charge in [0.1, 0.15) is 0 Å². The summed E-state index contributed by atoms with van der Waals surface area (Å²) in [6.07, 6.45) is 2.26. The van der Waals surface area contributed by atoms with E-state index in [2.05, 4.69) is 32.9 Å². The third kappa shape index (κ3) is 3.50. The van der Waals surface area contributed by atoms with Gasteiger partial charge in [0.25, 0.3) is 5.91 Å². The van der Waals surface area contributed by atoms with E-state index in [9.17, 15) is 9.90 Å². The van der Waals surface area contributed by atoms with Crippen LogP contribution in [0.3, 0.4) is 0 Å². The van der Waals surface area contributed by atoms with E-state index in [0.29, 0.717) is 19.6 Å². The average molecular weight is 331 g/mol. The molecule has 0 spiro atoms. The third-order valence-corrected chi connectivity index (χ3v) is 5.41. The maximum atomic E-state index is 13.0. The van der Waals surface area contributed by atoms with Crippen molar-refractivity contribution in [2.75, 3.05) is 19.8 Å². The van der Waals surface area contributed by atoms with Gasteiger partial charge in [0.05, 0.1) is 12.7 Å². The first-order valence-electron chi connectivity index (χ1n) is 9.05. The highest BCUT2D eigenvalue weighted by Gasteiger charge is 2.39. The molecule has 0 unspecified atom stereocenters. The van der Waals surface area contributed by atoms with Gasteiger partial charge >= 0.3 is 0 Å². The predicted molar refractivity (Wildman–Crippen MR) is 94.1 cm³/mol. The smallest absolute Gasteiger partial charge is 0.254 e. The Kier molecular flexibility index (Phi) is 4.97. The monoisotopic (exact) mass is 331 g/mol. The number of carbonyl (C=O) groups excluding carboxylic acids is 1. The first kappa shape index (κ1) is 17.4. The molecule has 3 rings (SSSR count). The zero-order valence-corrected chi connectivity index (χ0v) is 15.0. The van der Waals surface area contributed by atoms with Crippen molar-refractivity contribution in [2.45, 2.75) is 57.6 Å². The van der Waals surface area contributed by atoms with Crippen molar-refractivity contribution in [3.8, 4) is 0 Å². The number of ether oxygens (including phenoxy) is 1. The summed E-state index contributed by atoms with van der Waals surface area (Å²) >= 11 is 0. The highest BCUT2D eigenvalue weighted by atomic mass is 16.5. The Morgan fingerprint density at radius 1 is 1.21 bits per heavy atom. The standard InChI is InChI=1S/C20H29NO3/c1-20(2,3)15-8-6-14(7-9-15)19(23)21-11-4-5-17(21)16-13-24-12-10-18(16)22/h6-9,16-18,22H,4-5,10-13H2,1-3H3/t16-,17-,18-/m1/s1. The number of carbonyl (C=O) groups is 1. The number of hydrogen-bond acceptors (Lipinski definition) is 3. The quantitative estimate of drug-likeness (QED) is 0.906. The molecule has 1 aromatic rings. The lowest BCUT2D eigenvalue weighted by molar-refractivity contribution is -0.0589. The number of aliphatic hydroxyl groups is 1. The number of rotatable bonds is 2. The van der Waals surface area contributed by atoms with Crippen molar-refractivity contribution in [1.82, 2.24) is 4.90 Å². The molecule has 0 saturated carbocycles. The Morgan fingerprint density at radius 2 is 1.92 bits per heavy atom. The number of nitrogens with zero attached hydrogens (tertiary/aromatic N) is 1. The summed E-state index contributed by atoms with van der Waals surface area (Å²) in [6.45, 7) is 8.46. The predicted octanol–water partition coefficient (Wildman–Crippen LogP) is 2.99. The molecule has 132 valence electrons. The maximum absolute atomic E-state index is 13.0. The molecule has 2 aliphatic rings. The summed E-state index contributed by atoms with van der Waals surface area (Å²) in [7, 11) is 0.